The standard InChI is InChI=1S/C20H16FN7O2S/c1-31(29,30)28-7-6-11-8-13(3-5-17(11)28)24-20-23-10-15(19(22)25-20)18-14-9-12(21)2-4-16(14)26-27-18/h2-10H,1H3,(H,26,27)(H3,22,23,24,25). The fourth-order valence-electron chi connectivity index (χ4n) is 3.44. The first-order valence-electron chi connectivity index (χ1n) is 9.15. The quantitative estimate of drug-likeness (QED) is 0.393. The summed E-state index contributed by atoms with van der Waals surface area (Å²) in [6, 6.07) is 11.2. The van der Waals surface area contributed by atoms with E-state index in [4.69, 9.17) is 5.73 Å². The SMILES string of the molecule is CS(=O)(=O)n1ccc2cc(Nc3ncc(-c4n[nH]c5ccc(F)cc45)c(N)n3)ccc21. The number of hydrogen-bond acceptors (Lipinski definition) is 7. The van der Waals surface area contributed by atoms with Crippen LogP contribution in [0.5, 0.6) is 0 Å². The van der Waals surface area contributed by atoms with Crippen LogP contribution in [-0.4, -0.2) is 38.8 Å². The van der Waals surface area contributed by atoms with Crippen molar-refractivity contribution in [2.24, 2.45) is 0 Å². The zero-order valence-corrected chi connectivity index (χ0v) is 17.0. The molecule has 4 N–H and O–H groups in total. The van der Waals surface area contributed by atoms with E-state index >= 15 is 0 Å². The molecule has 0 amide bonds. The van der Waals surface area contributed by atoms with Crippen molar-refractivity contribution < 1.29 is 12.8 Å². The summed E-state index contributed by atoms with van der Waals surface area (Å²) in [6.07, 6.45) is 4.17. The topological polar surface area (TPSA) is 132 Å². The van der Waals surface area contributed by atoms with Gasteiger partial charge in [0.25, 0.3) is 0 Å². The van der Waals surface area contributed by atoms with Crippen LogP contribution in [0.4, 0.5) is 21.8 Å². The molecular formula is C20H16FN7O2S. The number of nitrogens with zero attached hydrogens (tertiary/aromatic N) is 4. The van der Waals surface area contributed by atoms with Gasteiger partial charge in [0.2, 0.25) is 16.0 Å². The number of anilines is 3. The van der Waals surface area contributed by atoms with Gasteiger partial charge in [-0.3, -0.25) is 5.10 Å². The van der Waals surface area contributed by atoms with E-state index in [1.165, 1.54) is 28.5 Å². The maximum absolute atomic E-state index is 13.6. The Balaban J connectivity index is 1.47. The average molecular weight is 437 g/mol. The van der Waals surface area contributed by atoms with Gasteiger partial charge in [-0.15, -0.1) is 0 Å². The predicted octanol–water partition coefficient (Wildman–Crippen LogP) is 3.25. The van der Waals surface area contributed by atoms with Crippen molar-refractivity contribution in [2.45, 2.75) is 0 Å². The molecule has 0 fully saturated rings. The Morgan fingerprint density at radius 2 is 2.00 bits per heavy atom. The Labute approximate surface area is 175 Å². The molecule has 2 aromatic carbocycles. The number of nitrogens with one attached hydrogen (secondary N) is 2. The molecule has 0 atom stereocenters. The minimum absolute atomic E-state index is 0.180. The summed E-state index contributed by atoms with van der Waals surface area (Å²) in [7, 11) is -3.39. The number of aromatic amines is 1. The van der Waals surface area contributed by atoms with Crippen LogP contribution in [0.1, 0.15) is 0 Å². The zero-order valence-electron chi connectivity index (χ0n) is 16.2. The summed E-state index contributed by atoms with van der Waals surface area (Å²) in [5.74, 6) is 0.0571. The highest BCUT2D eigenvalue weighted by Crippen LogP contribution is 2.30. The number of H-pyrrole nitrogens is 1. The fourth-order valence-corrected chi connectivity index (χ4v) is 4.25. The molecule has 0 radical (unpaired) electrons. The zero-order chi connectivity index (χ0) is 21.8. The smallest absolute Gasteiger partial charge is 0.236 e. The molecule has 3 heterocycles. The molecule has 0 unspecified atom stereocenters. The van der Waals surface area contributed by atoms with E-state index in [0.29, 0.717) is 33.4 Å². The summed E-state index contributed by atoms with van der Waals surface area (Å²) in [5.41, 5.74) is 8.97. The molecule has 9 nitrogen and oxygen atoms in total. The molecule has 0 aliphatic heterocycles. The average Bonchev–Trinajstić information content (AvgIpc) is 3.31. The molecule has 3 aromatic heterocycles. The van der Waals surface area contributed by atoms with E-state index in [-0.39, 0.29) is 17.6 Å². The highest BCUT2D eigenvalue weighted by atomic mass is 32.2. The fraction of sp³-hybridized carbons (Fsp3) is 0.0500. The third kappa shape index (κ3) is 3.34. The van der Waals surface area contributed by atoms with Gasteiger partial charge in [-0.25, -0.2) is 21.8 Å². The summed E-state index contributed by atoms with van der Waals surface area (Å²) in [6.45, 7) is 0. The van der Waals surface area contributed by atoms with Crippen LogP contribution < -0.4 is 11.1 Å². The van der Waals surface area contributed by atoms with E-state index in [1.807, 2.05) is 0 Å². The molecule has 0 aliphatic rings. The minimum atomic E-state index is -3.39. The van der Waals surface area contributed by atoms with Gasteiger partial charge in [-0.1, -0.05) is 0 Å². The highest BCUT2D eigenvalue weighted by Gasteiger charge is 2.15. The van der Waals surface area contributed by atoms with Gasteiger partial charge >= 0.3 is 0 Å². The van der Waals surface area contributed by atoms with Crippen molar-refractivity contribution in [3.05, 3.63) is 60.7 Å². The number of fused-ring (bicyclic) bond motifs is 2. The van der Waals surface area contributed by atoms with E-state index < -0.39 is 10.0 Å². The number of rotatable bonds is 4. The molecule has 0 saturated carbocycles. The van der Waals surface area contributed by atoms with Crippen molar-refractivity contribution in [1.82, 2.24) is 24.1 Å². The Hall–Kier alpha value is -3.99. The van der Waals surface area contributed by atoms with Gasteiger partial charge in [-0.2, -0.15) is 10.1 Å². The van der Waals surface area contributed by atoms with Crippen LogP contribution in [0.3, 0.4) is 0 Å². The van der Waals surface area contributed by atoms with Crippen molar-refractivity contribution in [3.8, 4) is 11.3 Å². The predicted molar refractivity (Wildman–Crippen MR) is 117 cm³/mol. The lowest BCUT2D eigenvalue weighted by molar-refractivity contribution is 0.595. The van der Waals surface area contributed by atoms with Gasteiger partial charge in [0, 0.05) is 28.9 Å². The molecule has 0 saturated heterocycles. The number of halogens is 1. The van der Waals surface area contributed by atoms with E-state index in [9.17, 15) is 12.8 Å². The molecule has 0 bridgehead atoms. The number of nitrogens with two attached hydrogens (primary N) is 1. The summed E-state index contributed by atoms with van der Waals surface area (Å²) in [5, 5.41) is 11.4. The third-order valence-corrected chi connectivity index (χ3v) is 5.90. The molecule has 5 aromatic rings. The van der Waals surface area contributed by atoms with Gasteiger partial charge in [0.05, 0.1) is 22.9 Å². The normalized spacial score (nSPS) is 11.9. The second-order valence-corrected chi connectivity index (χ2v) is 8.89. The molecular weight excluding hydrogens is 421 g/mol. The highest BCUT2D eigenvalue weighted by molar-refractivity contribution is 7.89. The van der Waals surface area contributed by atoms with Crippen LogP contribution in [0.2, 0.25) is 0 Å². The Morgan fingerprint density at radius 3 is 2.77 bits per heavy atom. The Kier molecular flexibility index (Phi) is 4.15. The lowest BCUT2D eigenvalue weighted by Gasteiger charge is -2.08. The van der Waals surface area contributed by atoms with Crippen LogP contribution in [0, 0.1) is 5.82 Å². The molecule has 11 heteroatoms. The molecule has 156 valence electrons. The van der Waals surface area contributed by atoms with Crippen molar-refractivity contribution in [1.29, 1.82) is 0 Å². The van der Waals surface area contributed by atoms with E-state index in [2.05, 4.69) is 25.5 Å². The van der Waals surface area contributed by atoms with Crippen LogP contribution in [0.25, 0.3) is 33.1 Å². The van der Waals surface area contributed by atoms with Crippen LogP contribution >= 0.6 is 0 Å². The monoisotopic (exact) mass is 437 g/mol. The minimum Gasteiger partial charge on any atom is -0.383 e. The summed E-state index contributed by atoms with van der Waals surface area (Å²) >= 11 is 0. The summed E-state index contributed by atoms with van der Waals surface area (Å²) < 4.78 is 38.5. The van der Waals surface area contributed by atoms with E-state index in [1.54, 1.807) is 30.3 Å². The summed E-state index contributed by atoms with van der Waals surface area (Å²) in [4.78, 5) is 8.58. The molecule has 5 rings (SSSR count). The van der Waals surface area contributed by atoms with E-state index in [0.717, 1.165) is 11.6 Å². The van der Waals surface area contributed by atoms with Crippen molar-refractivity contribution in [3.63, 3.8) is 0 Å². The third-order valence-electron chi connectivity index (χ3n) is 4.87. The van der Waals surface area contributed by atoms with Crippen molar-refractivity contribution in [2.75, 3.05) is 17.3 Å². The second-order valence-electron chi connectivity index (χ2n) is 7.03. The first-order chi connectivity index (χ1) is 14.8. The van der Waals surface area contributed by atoms with Gasteiger partial charge < -0.3 is 11.1 Å². The Morgan fingerprint density at radius 1 is 1.16 bits per heavy atom. The van der Waals surface area contributed by atoms with Crippen LogP contribution in [-0.2, 0) is 10.0 Å². The number of benzene rings is 2. The van der Waals surface area contributed by atoms with Gasteiger partial charge in [0.15, 0.2) is 0 Å². The molecule has 0 spiro atoms. The van der Waals surface area contributed by atoms with Crippen molar-refractivity contribution >= 4 is 49.3 Å². The molecule has 0 aliphatic carbocycles. The first-order valence-corrected chi connectivity index (χ1v) is 11.0. The first kappa shape index (κ1) is 19.0. The number of hydrogen-bond donors (Lipinski definition) is 3. The maximum atomic E-state index is 13.6. The molecule has 31 heavy (non-hydrogen) atoms. The van der Waals surface area contributed by atoms with Crippen LogP contribution in [0.15, 0.2) is 54.9 Å². The largest absolute Gasteiger partial charge is 0.383 e. The lowest BCUT2D eigenvalue weighted by atomic mass is 10.1. The second kappa shape index (κ2) is 6.77. The van der Waals surface area contributed by atoms with Gasteiger partial charge in [0.1, 0.15) is 17.3 Å². The lowest BCUT2D eigenvalue weighted by Crippen LogP contribution is -2.08. The number of aromatic nitrogens is 5. The van der Waals surface area contributed by atoms with Gasteiger partial charge in [-0.05, 0) is 42.5 Å². The number of nitrogen functional groups attached to an aromatic ring is 1. The maximum Gasteiger partial charge on any atom is 0.236 e. The Bertz CT molecular complexity index is 1570.